The van der Waals surface area contributed by atoms with E-state index in [2.05, 4.69) is 0 Å². The summed E-state index contributed by atoms with van der Waals surface area (Å²) in [5, 5.41) is 8.89. The average Bonchev–Trinajstić information content (AvgIpc) is 2.43. The maximum absolute atomic E-state index is 12.3. The number of hydrogen-bond donors (Lipinski definition) is 2. The van der Waals surface area contributed by atoms with Crippen LogP contribution in [0, 0.1) is 0 Å². The van der Waals surface area contributed by atoms with Gasteiger partial charge in [0.2, 0.25) is 5.91 Å². The molecule has 104 valence electrons. The standard InChI is InChI=1S/C14H20N2O3/c1-3-10(2)16(9-12(17)18)14(19)13(15)11-7-5-4-6-8-11/h4-8,10,13H,3,9,15H2,1-2H3,(H,17,18)/t10?,13-/m1/s1. The number of carboxylic acid groups (broad SMARTS) is 1. The van der Waals surface area contributed by atoms with E-state index >= 15 is 0 Å². The van der Waals surface area contributed by atoms with Gasteiger partial charge >= 0.3 is 5.97 Å². The first-order valence-corrected chi connectivity index (χ1v) is 6.30. The molecule has 5 heteroatoms. The molecular formula is C14H20N2O3. The van der Waals surface area contributed by atoms with Crippen molar-refractivity contribution in [3.05, 3.63) is 35.9 Å². The van der Waals surface area contributed by atoms with E-state index in [0.717, 1.165) is 0 Å². The van der Waals surface area contributed by atoms with E-state index in [1.807, 2.05) is 19.9 Å². The SMILES string of the molecule is CCC(C)N(CC(=O)O)C(=O)[C@H](N)c1ccccc1. The smallest absolute Gasteiger partial charge is 0.323 e. The Labute approximate surface area is 113 Å². The summed E-state index contributed by atoms with van der Waals surface area (Å²) in [5.74, 6) is -1.39. The van der Waals surface area contributed by atoms with Crippen molar-refractivity contribution in [1.29, 1.82) is 0 Å². The molecule has 0 heterocycles. The highest BCUT2D eigenvalue weighted by Gasteiger charge is 2.27. The molecule has 0 radical (unpaired) electrons. The quantitative estimate of drug-likeness (QED) is 0.813. The fourth-order valence-electron chi connectivity index (χ4n) is 1.80. The monoisotopic (exact) mass is 264 g/mol. The molecule has 0 saturated carbocycles. The Hall–Kier alpha value is -1.88. The van der Waals surface area contributed by atoms with Gasteiger partial charge in [0.25, 0.3) is 0 Å². The van der Waals surface area contributed by atoms with E-state index in [9.17, 15) is 9.59 Å². The lowest BCUT2D eigenvalue weighted by molar-refractivity contribution is -0.146. The Morgan fingerprint density at radius 3 is 2.37 bits per heavy atom. The number of carboxylic acids is 1. The molecule has 1 amide bonds. The van der Waals surface area contributed by atoms with Crippen LogP contribution >= 0.6 is 0 Å². The molecule has 2 atom stereocenters. The van der Waals surface area contributed by atoms with Crippen molar-refractivity contribution in [1.82, 2.24) is 4.90 Å². The molecule has 1 unspecified atom stereocenters. The third-order valence-corrected chi connectivity index (χ3v) is 3.14. The van der Waals surface area contributed by atoms with Crippen molar-refractivity contribution in [2.75, 3.05) is 6.54 Å². The number of nitrogens with zero attached hydrogens (tertiary/aromatic N) is 1. The Morgan fingerprint density at radius 1 is 1.32 bits per heavy atom. The molecule has 0 aliphatic heterocycles. The lowest BCUT2D eigenvalue weighted by Gasteiger charge is -2.29. The molecule has 5 nitrogen and oxygen atoms in total. The lowest BCUT2D eigenvalue weighted by atomic mass is 10.1. The van der Waals surface area contributed by atoms with Crippen molar-refractivity contribution in [2.45, 2.75) is 32.4 Å². The van der Waals surface area contributed by atoms with Crippen molar-refractivity contribution in [2.24, 2.45) is 5.73 Å². The maximum atomic E-state index is 12.3. The first kappa shape index (κ1) is 15.2. The zero-order chi connectivity index (χ0) is 14.4. The minimum atomic E-state index is -1.03. The van der Waals surface area contributed by atoms with Gasteiger partial charge in [-0.1, -0.05) is 37.3 Å². The summed E-state index contributed by atoms with van der Waals surface area (Å²) >= 11 is 0. The minimum absolute atomic E-state index is 0.154. The summed E-state index contributed by atoms with van der Waals surface area (Å²) in [4.78, 5) is 24.5. The van der Waals surface area contributed by atoms with Crippen molar-refractivity contribution >= 4 is 11.9 Å². The zero-order valence-electron chi connectivity index (χ0n) is 11.2. The second kappa shape index (κ2) is 6.89. The Balaban J connectivity index is 2.90. The molecule has 0 bridgehead atoms. The van der Waals surface area contributed by atoms with E-state index in [-0.39, 0.29) is 18.5 Å². The molecule has 0 aliphatic carbocycles. The Kier molecular flexibility index (Phi) is 5.51. The lowest BCUT2D eigenvalue weighted by Crippen LogP contribution is -2.46. The van der Waals surface area contributed by atoms with Gasteiger partial charge in [-0.25, -0.2) is 0 Å². The van der Waals surface area contributed by atoms with Crippen LogP contribution in [0.5, 0.6) is 0 Å². The highest BCUT2D eigenvalue weighted by Crippen LogP contribution is 2.15. The maximum Gasteiger partial charge on any atom is 0.323 e. The number of aliphatic carboxylic acids is 1. The van der Waals surface area contributed by atoms with Crippen LogP contribution in [0.1, 0.15) is 31.9 Å². The molecule has 0 saturated heterocycles. The normalized spacial score (nSPS) is 13.6. The molecule has 0 spiro atoms. The first-order valence-electron chi connectivity index (χ1n) is 6.30. The van der Waals surface area contributed by atoms with Crippen LogP contribution in [0.3, 0.4) is 0 Å². The van der Waals surface area contributed by atoms with Gasteiger partial charge in [0, 0.05) is 6.04 Å². The third kappa shape index (κ3) is 4.06. The number of nitrogens with two attached hydrogens (primary N) is 1. The number of carbonyl (C=O) groups excluding carboxylic acids is 1. The molecule has 1 aromatic carbocycles. The van der Waals surface area contributed by atoms with Gasteiger partial charge in [0.15, 0.2) is 0 Å². The fourth-order valence-corrected chi connectivity index (χ4v) is 1.80. The molecule has 1 rings (SSSR count). The molecule has 1 aromatic rings. The van der Waals surface area contributed by atoms with Crippen LogP contribution in [0.2, 0.25) is 0 Å². The molecule has 0 aromatic heterocycles. The summed E-state index contributed by atoms with van der Waals surface area (Å²) in [5.41, 5.74) is 6.61. The van der Waals surface area contributed by atoms with Gasteiger partial charge in [-0.15, -0.1) is 0 Å². The van der Waals surface area contributed by atoms with Gasteiger partial charge < -0.3 is 15.7 Å². The number of hydrogen-bond acceptors (Lipinski definition) is 3. The van der Waals surface area contributed by atoms with Crippen LogP contribution in [0.4, 0.5) is 0 Å². The highest BCUT2D eigenvalue weighted by atomic mass is 16.4. The van der Waals surface area contributed by atoms with Crippen LogP contribution in [-0.4, -0.2) is 34.5 Å². The molecule has 19 heavy (non-hydrogen) atoms. The van der Waals surface area contributed by atoms with Crippen LogP contribution in [-0.2, 0) is 9.59 Å². The predicted octanol–water partition coefficient (Wildman–Crippen LogP) is 1.40. The minimum Gasteiger partial charge on any atom is -0.480 e. The van der Waals surface area contributed by atoms with Crippen LogP contribution in [0.25, 0.3) is 0 Å². The van der Waals surface area contributed by atoms with Gasteiger partial charge in [0.05, 0.1) is 0 Å². The number of amides is 1. The summed E-state index contributed by atoms with van der Waals surface area (Å²) in [6.07, 6.45) is 0.681. The summed E-state index contributed by atoms with van der Waals surface area (Å²) in [6.45, 7) is 3.40. The van der Waals surface area contributed by atoms with Gasteiger partial charge in [-0.2, -0.15) is 0 Å². The molecular weight excluding hydrogens is 244 g/mol. The van der Waals surface area contributed by atoms with Crippen molar-refractivity contribution < 1.29 is 14.7 Å². The summed E-state index contributed by atoms with van der Waals surface area (Å²) in [7, 11) is 0. The zero-order valence-corrected chi connectivity index (χ0v) is 11.2. The molecule has 0 fully saturated rings. The van der Waals surface area contributed by atoms with E-state index in [0.29, 0.717) is 12.0 Å². The summed E-state index contributed by atoms with van der Waals surface area (Å²) < 4.78 is 0. The first-order chi connectivity index (χ1) is 8.97. The topological polar surface area (TPSA) is 83.6 Å². The van der Waals surface area contributed by atoms with Crippen molar-refractivity contribution in [3.63, 3.8) is 0 Å². The van der Waals surface area contributed by atoms with Crippen molar-refractivity contribution in [3.8, 4) is 0 Å². The Morgan fingerprint density at radius 2 is 1.89 bits per heavy atom. The van der Waals surface area contributed by atoms with E-state index in [1.165, 1.54) is 4.90 Å². The summed E-state index contributed by atoms with van der Waals surface area (Å²) in [6, 6.07) is 7.98. The molecule has 3 N–H and O–H groups in total. The highest BCUT2D eigenvalue weighted by molar-refractivity contribution is 5.86. The second-order valence-corrected chi connectivity index (χ2v) is 4.51. The van der Waals surface area contributed by atoms with Gasteiger partial charge in [-0.05, 0) is 18.9 Å². The van der Waals surface area contributed by atoms with Gasteiger partial charge in [0.1, 0.15) is 12.6 Å². The number of benzene rings is 1. The van der Waals surface area contributed by atoms with Crippen LogP contribution in [0.15, 0.2) is 30.3 Å². The van der Waals surface area contributed by atoms with Gasteiger partial charge in [-0.3, -0.25) is 9.59 Å². The van der Waals surface area contributed by atoms with E-state index < -0.39 is 12.0 Å². The second-order valence-electron chi connectivity index (χ2n) is 4.51. The van der Waals surface area contributed by atoms with E-state index in [4.69, 9.17) is 10.8 Å². The largest absolute Gasteiger partial charge is 0.480 e. The van der Waals surface area contributed by atoms with Crippen LogP contribution < -0.4 is 5.73 Å². The Bertz CT molecular complexity index is 434. The number of rotatable bonds is 6. The molecule has 0 aliphatic rings. The van der Waals surface area contributed by atoms with E-state index in [1.54, 1.807) is 24.3 Å². The number of carbonyl (C=O) groups is 2. The fraction of sp³-hybridized carbons (Fsp3) is 0.429. The third-order valence-electron chi connectivity index (χ3n) is 3.14. The predicted molar refractivity (Wildman–Crippen MR) is 72.5 cm³/mol. The average molecular weight is 264 g/mol.